The number of aryl methyl sites for hydroxylation is 1. The van der Waals surface area contributed by atoms with Crippen LogP contribution < -0.4 is 0 Å². The van der Waals surface area contributed by atoms with E-state index in [2.05, 4.69) is 27.6 Å². The van der Waals surface area contributed by atoms with Crippen LogP contribution in [0.2, 0.25) is 0 Å². The fourth-order valence-electron chi connectivity index (χ4n) is 2.95. The Bertz CT molecular complexity index is 799. The van der Waals surface area contributed by atoms with Crippen molar-refractivity contribution < 1.29 is 9.26 Å². The molecule has 1 aromatic carbocycles. The van der Waals surface area contributed by atoms with Gasteiger partial charge in [0, 0.05) is 30.1 Å². The molecule has 5 nitrogen and oxygen atoms in total. The molecule has 0 aliphatic carbocycles. The molecule has 1 aliphatic rings. The van der Waals surface area contributed by atoms with Crippen LogP contribution in [0.3, 0.4) is 0 Å². The van der Waals surface area contributed by atoms with Gasteiger partial charge in [0.25, 0.3) is 0 Å². The van der Waals surface area contributed by atoms with Gasteiger partial charge in [0.2, 0.25) is 0 Å². The van der Waals surface area contributed by atoms with E-state index >= 15 is 0 Å². The lowest BCUT2D eigenvalue weighted by Gasteiger charge is -2.33. The molecule has 6 heteroatoms. The van der Waals surface area contributed by atoms with Gasteiger partial charge in [-0.25, -0.2) is 4.98 Å². The zero-order valence-corrected chi connectivity index (χ0v) is 14.3. The van der Waals surface area contributed by atoms with Gasteiger partial charge < -0.3 is 9.26 Å². The molecule has 0 unspecified atom stereocenters. The summed E-state index contributed by atoms with van der Waals surface area (Å²) >= 11 is 1.68. The van der Waals surface area contributed by atoms with Crippen LogP contribution in [0.15, 0.2) is 46.3 Å². The van der Waals surface area contributed by atoms with Crippen molar-refractivity contribution in [1.82, 2.24) is 15.0 Å². The second-order valence-electron chi connectivity index (χ2n) is 5.93. The summed E-state index contributed by atoms with van der Waals surface area (Å²) in [5.74, 6) is 0.842. The highest BCUT2D eigenvalue weighted by Crippen LogP contribution is 2.30. The van der Waals surface area contributed by atoms with Crippen LogP contribution in [0.25, 0.3) is 10.6 Å². The predicted molar refractivity (Wildman–Crippen MR) is 92.8 cm³/mol. The molecule has 0 amide bonds. The van der Waals surface area contributed by atoms with Crippen LogP contribution in [-0.4, -0.2) is 34.8 Å². The number of nitrogens with zero attached hydrogens (tertiary/aromatic N) is 3. The van der Waals surface area contributed by atoms with E-state index in [1.807, 2.05) is 31.2 Å². The average Bonchev–Trinajstić information content (AvgIpc) is 3.26. The molecule has 0 radical (unpaired) electrons. The summed E-state index contributed by atoms with van der Waals surface area (Å²) in [4.78, 5) is 7.22. The first-order chi connectivity index (χ1) is 11.8. The Balaban J connectivity index is 1.55. The lowest BCUT2D eigenvalue weighted by Crippen LogP contribution is -2.39. The lowest BCUT2D eigenvalue weighted by molar-refractivity contribution is -0.0149. The minimum atomic E-state index is 0.157. The number of aromatic nitrogens is 2. The summed E-state index contributed by atoms with van der Waals surface area (Å²) in [6.07, 6.45) is 0. The summed E-state index contributed by atoms with van der Waals surface area (Å²) in [6, 6.07) is 12.4. The molecule has 1 atom stereocenters. The molecule has 2 aromatic heterocycles. The van der Waals surface area contributed by atoms with Gasteiger partial charge in [-0.3, -0.25) is 4.90 Å². The quantitative estimate of drug-likeness (QED) is 0.724. The van der Waals surface area contributed by atoms with Crippen molar-refractivity contribution in [2.24, 2.45) is 0 Å². The molecular weight excluding hydrogens is 322 g/mol. The van der Waals surface area contributed by atoms with E-state index < -0.39 is 0 Å². The molecule has 3 heterocycles. The Morgan fingerprint density at radius 1 is 1.29 bits per heavy atom. The molecule has 24 heavy (non-hydrogen) atoms. The van der Waals surface area contributed by atoms with Gasteiger partial charge in [0.1, 0.15) is 10.8 Å². The molecule has 1 fully saturated rings. The first-order valence-electron chi connectivity index (χ1n) is 8.04. The molecule has 1 saturated heterocycles. The third-order valence-corrected chi connectivity index (χ3v) is 5.07. The zero-order valence-electron chi connectivity index (χ0n) is 13.5. The van der Waals surface area contributed by atoms with Crippen molar-refractivity contribution in [1.29, 1.82) is 0 Å². The summed E-state index contributed by atoms with van der Waals surface area (Å²) in [5, 5.41) is 7.31. The number of ether oxygens (including phenoxy) is 1. The van der Waals surface area contributed by atoms with E-state index in [1.165, 1.54) is 0 Å². The smallest absolute Gasteiger partial charge is 0.133 e. The van der Waals surface area contributed by atoms with Crippen molar-refractivity contribution in [2.45, 2.75) is 19.5 Å². The van der Waals surface area contributed by atoms with Gasteiger partial charge in [0.05, 0.1) is 30.6 Å². The summed E-state index contributed by atoms with van der Waals surface area (Å²) in [7, 11) is 0. The Labute approximate surface area is 144 Å². The maximum Gasteiger partial charge on any atom is 0.133 e. The Hall–Kier alpha value is -2.02. The fraction of sp³-hybridized carbons (Fsp3) is 0.333. The monoisotopic (exact) mass is 341 g/mol. The zero-order chi connectivity index (χ0) is 16.4. The van der Waals surface area contributed by atoms with Crippen LogP contribution in [-0.2, 0) is 11.3 Å². The van der Waals surface area contributed by atoms with E-state index in [-0.39, 0.29) is 6.04 Å². The SMILES string of the molecule is Cc1cc(CN2CCOC[C@H]2c2csc(-c3ccccc3)n2)no1. The van der Waals surface area contributed by atoms with Crippen LogP contribution >= 0.6 is 11.3 Å². The van der Waals surface area contributed by atoms with Gasteiger partial charge in [-0.15, -0.1) is 11.3 Å². The minimum absolute atomic E-state index is 0.157. The normalized spacial score (nSPS) is 18.8. The van der Waals surface area contributed by atoms with E-state index in [9.17, 15) is 0 Å². The van der Waals surface area contributed by atoms with Gasteiger partial charge >= 0.3 is 0 Å². The molecular formula is C18H19N3O2S. The number of rotatable bonds is 4. The predicted octanol–water partition coefficient (Wildman–Crippen LogP) is 3.68. The molecule has 124 valence electrons. The minimum Gasteiger partial charge on any atom is -0.378 e. The number of benzene rings is 1. The Kier molecular flexibility index (Phi) is 4.42. The van der Waals surface area contributed by atoms with Gasteiger partial charge in [0.15, 0.2) is 0 Å². The summed E-state index contributed by atoms with van der Waals surface area (Å²) in [6.45, 7) is 4.94. The molecule has 0 N–H and O–H groups in total. The highest BCUT2D eigenvalue weighted by atomic mass is 32.1. The Morgan fingerprint density at radius 3 is 2.96 bits per heavy atom. The second-order valence-corrected chi connectivity index (χ2v) is 6.79. The first kappa shape index (κ1) is 15.5. The highest BCUT2D eigenvalue weighted by Gasteiger charge is 2.27. The third-order valence-electron chi connectivity index (χ3n) is 4.17. The van der Waals surface area contributed by atoms with E-state index in [1.54, 1.807) is 11.3 Å². The van der Waals surface area contributed by atoms with Crippen molar-refractivity contribution in [3.05, 3.63) is 58.9 Å². The molecule has 1 aliphatic heterocycles. The van der Waals surface area contributed by atoms with Gasteiger partial charge in [-0.2, -0.15) is 0 Å². The molecule has 3 aromatic rings. The van der Waals surface area contributed by atoms with Crippen molar-refractivity contribution >= 4 is 11.3 Å². The lowest BCUT2D eigenvalue weighted by atomic mass is 10.1. The van der Waals surface area contributed by atoms with E-state index in [4.69, 9.17) is 14.2 Å². The van der Waals surface area contributed by atoms with Crippen molar-refractivity contribution in [3.63, 3.8) is 0 Å². The maximum absolute atomic E-state index is 5.70. The van der Waals surface area contributed by atoms with Crippen LogP contribution in [0, 0.1) is 6.92 Å². The van der Waals surface area contributed by atoms with Crippen LogP contribution in [0.1, 0.15) is 23.2 Å². The first-order valence-corrected chi connectivity index (χ1v) is 8.92. The standard InChI is InChI=1S/C18H19N3O2S/c1-13-9-15(20-23-13)10-21-7-8-22-11-17(21)16-12-24-18(19-16)14-5-3-2-4-6-14/h2-6,9,12,17H,7-8,10-11H2,1H3/t17-/m0/s1. The van der Waals surface area contributed by atoms with Crippen LogP contribution in [0.4, 0.5) is 0 Å². The number of thiazole rings is 1. The molecule has 0 spiro atoms. The van der Waals surface area contributed by atoms with Gasteiger partial charge in [-0.05, 0) is 6.92 Å². The average molecular weight is 341 g/mol. The number of hydrogen-bond acceptors (Lipinski definition) is 6. The van der Waals surface area contributed by atoms with Crippen molar-refractivity contribution in [2.75, 3.05) is 19.8 Å². The van der Waals surface area contributed by atoms with E-state index in [0.29, 0.717) is 6.61 Å². The number of hydrogen-bond donors (Lipinski definition) is 0. The fourth-order valence-corrected chi connectivity index (χ4v) is 3.83. The highest BCUT2D eigenvalue weighted by molar-refractivity contribution is 7.13. The maximum atomic E-state index is 5.70. The second kappa shape index (κ2) is 6.84. The van der Waals surface area contributed by atoms with E-state index in [0.717, 1.165) is 47.4 Å². The van der Waals surface area contributed by atoms with Crippen LogP contribution in [0.5, 0.6) is 0 Å². The molecule has 4 rings (SSSR count). The molecule has 0 bridgehead atoms. The topological polar surface area (TPSA) is 51.4 Å². The summed E-state index contributed by atoms with van der Waals surface area (Å²) in [5.41, 5.74) is 3.18. The summed E-state index contributed by atoms with van der Waals surface area (Å²) < 4.78 is 10.9. The largest absolute Gasteiger partial charge is 0.378 e. The van der Waals surface area contributed by atoms with Gasteiger partial charge in [-0.1, -0.05) is 35.5 Å². The molecule has 0 saturated carbocycles. The van der Waals surface area contributed by atoms with Crippen molar-refractivity contribution in [3.8, 4) is 10.6 Å². The number of morpholine rings is 1. The third kappa shape index (κ3) is 3.26. The Morgan fingerprint density at radius 2 is 2.17 bits per heavy atom.